The molecule has 0 unspecified atom stereocenters. The lowest BCUT2D eigenvalue weighted by Gasteiger charge is -2.00. The van der Waals surface area contributed by atoms with Crippen molar-refractivity contribution in [3.8, 4) is 0 Å². The van der Waals surface area contributed by atoms with Gasteiger partial charge in [-0.05, 0) is 18.6 Å². The summed E-state index contributed by atoms with van der Waals surface area (Å²) in [4.78, 5) is 24.1. The van der Waals surface area contributed by atoms with Gasteiger partial charge in [0.2, 0.25) is 0 Å². The van der Waals surface area contributed by atoms with E-state index in [1.165, 1.54) is 0 Å². The Kier molecular flexibility index (Phi) is 3.11. The molecule has 0 aliphatic carbocycles. The molecule has 0 spiro atoms. The zero-order valence-corrected chi connectivity index (χ0v) is 7.56. The molecule has 1 aromatic rings. The van der Waals surface area contributed by atoms with Crippen molar-refractivity contribution in [2.75, 3.05) is 11.9 Å². The first-order valence-corrected chi connectivity index (χ1v) is 3.92. The number of aromatic nitrogens is 1. The molecule has 1 aromatic heterocycles. The van der Waals surface area contributed by atoms with E-state index in [-0.39, 0.29) is 0 Å². The highest BCUT2D eigenvalue weighted by atomic mass is 16.6. The first-order chi connectivity index (χ1) is 6.58. The van der Waals surface area contributed by atoms with Gasteiger partial charge in [0, 0.05) is 11.1 Å². The van der Waals surface area contributed by atoms with Crippen molar-refractivity contribution in [1.29, 1.82) is 0 Å². The molecule has 0 atom stereocenters. The Labute approximate surface area is 80.1 Å². The lowest BCUT2D eigenvalue weighted by Crippen LogP contribution is -2.22. The maximum atomic E-state index is 10.9. The second-order valence-corrected chi connectivity index (χ2v) is 2.76. The molecule has 74 valence electrons. The Bertz CT molecular complexity index is 347. The van der Waals surface area contributed by atoms with E-state index in [9.17, 15) is 14.9 Å². The van der Waals surface area contributed by atoms with Gasteiger partial charge in [-0.25, -0.2) is 4.98 Å². The third kappa shape index (κ3) is 3.18. The van der Waals surface area contributed by atoms with Crippen LogP contribution in [0.15, 0.2) is 18.3 Å². The Balaban J connectivity index is 2.56. The lowest BCUT2D eigenvalue weighted by atomic mass is 10.3. The smallest absolute Gasteiger partial charge is 0.297 e. The highest BCUT2D eigenvalue weighted by Gasteiger charge is 2.09. The number of hydrogen-bond acceptors (Lipinski definition) is 4. The second-order valence-electron chi connectivity index (χ2n) is 2.76. The number of carbonyl (C=O) groups is 1. The van der Waals surface area contributed by atoms with Crippen LogP contribution in [0, 0.1) is 17.0 Å². The van der Waals surface area contributed by atoms with Crippen LogP contribution in [0.1, 0.15) is 5.56 Å². The summed E-state index contributed by atoms with van der Waals surface area (Å²) in [5.41, 5.74) is 0.956. The predicted octanol–water partition coefficient (Wildman–Crippen LogP) is 0.605. The zero-order chi connectivity index (χ0) is 10.6. The largest absolute Gasteiger partial charge is 0.305 e. The molecule has 1 heterocycles. The lowest BCUT2D eigenvalue weighted by molar-refractivity contribution is -0.467. The molecule has 6 nitrogen and oxygen atoms in total. The molecule has 1 N–H and O–H groups in total. The van der Waals surface area contributed by atoms with Crippen molar-refractivity contribution in [3.05, 3.63) is 34.0 Å². The van der Waals surface area contributed by atoms with Crippen LogP contribution in [0.25, 0.3) is 0 Å². The van der Waals surface area contributed by atoms with Gasteiger partial charge in [0.15, 0.2) is 0 Å². The molecule has 0 radical (unpaired) electrons. The average molecular weight is 195 g/mol. The van der Waals surface area contributed by atoms with E-state index in [1.807, 2.05) is 6.92 Å². The van der Waals surface area contributed by atoms with E-state index in [4.69, 9.17) is 0 Å². The summed E-state index contributed by atoms with van der Waals surface area (Å²) in [6, 6.07) is 3.35. The monoisotopic (exact) mass is 195 g/mol. The fourth-order valence-electron chi connectivity index (χ4n) is 0.841. The van der Waals surface area contributed by atoms with E-state index in [1.54, 1.807) is 18.3 Å². The molecule has 0 saturated heterocycles. The number of nitrogens with one attached hydrogen (secondary N) is 1. The van der Waals surface area contributed by atoms with Crippen molar-refractivity contribution in [1.82, 2.24) is 4.98 Å². The molecule has 1 amide bonds. The van der Waals surface area contributed by atoms with Crippen LogP contribution < -0.4 is 5.32 Å². The quantitative estimate of drug-likeness (QED) is 0.565. The molecule has 14 heavy (non-hydrogen) atoms. The van der Waals surface area contributed by atoms with Gasteiger partial charge in [-0.3, -0.25) is 14.9 Å². The topological polar surface area (TPSA) is 85.1 Å². The Hall–Kier alpha value is -1.98. The van der Waals surface area contributed by atoms with Gasteiger partial charge in [-0.1, -0.05) is 6.07 Å². The summed E-state index contributed by atoms with van der Waals surface area (Å²) in [5, 5.41) is 12.3. The summed E-state index contributed by atoms with van der Waals surface area (Å²) in [7, 11) is 0. The van der Waals surface area contributed by atoms with Gasteiger partial charge in [0.25, 0.3) is 12.5 Å². The first-order valence-electron chi connectivity index (χ1n) is 3.92. The number of hydrogen-bond donors (Lipinski definition) is 1. The molecular formula is C8H9N3O3. The van der Waals surface area contributed by atoms with Crippen molar-refractivity contribution >= 4 is 11.7 Å². The van der Waals surface area contributed by atoms with E-state index in [0.29, 0.717) is 5.82 Å². The SMILES string of the molecule is Cc1ccc(NC(=O)C[N+](=O)[O-])nc1. The van der Waals surface area contributed by atoms with Gasteiger partial charge in [0.05, 0.1) is 0 Å². The van der Waals surface area contributed by atoms with E-state index in [2.05, 4.69) is 10.3 Å². The third-order valence-corrected chi connectivity index (χ3v) is 1.45. The zero-order valence-electron chi connectivity index (χ0n) is 7.56. The highest BCUT2D eigenvalue weighted by Crippen LogP contribution is 2.03. The molecule has 6 heteroatoms. The number of nitro groups is 1. The fraction of sp³-hybridized carbons (Fsp3) is 0.250. The number of nitrogens with zero attached hydrogens (tertiary/aromatic N) is 2. The summed E-state index contributed by atoms with van der Waals surface area (Å²) >= 11 is 0. The molecule has 0 saturated carbocycles. The Morgan fingerprint density at radius 2 is 2.36 bits per heavy atom. The summed E-state index contributed by atoms with van der Waals surface area (Å²) in [5.74, 6) is -0.353. The fourth-order valence-corrected chi connectivity index (χ4v) is 0.841. The van der Waals surface area contributed by atoms with E-state index >= 15 is 0 Å². The number of anilines is 1. The minimum Gasteiger partial charge on any atom is -0.305 e. The van der Waals surface area contributed by atoms with Crippen LogP contribution in [-0.4, -0.2) is 22.4 Å². The average Bonchev–Trinajstić information content (AvgIpc) is 2.07. The minimum absolute atomic E-state index is 0.322. The van der Waals surface area contributed by atoms with Gasteiger partial charge < -0.3 is 5.32 Å². The van der Waals surface area contributed by atoms with Crippen LogP contribution in [0.5, 0.6) is 0 Å². The maximum absolute atomic E-state index is 10.9. The second kappa shape index (κ2) is 4.31. The third-order valence-electron chi connectivity index (χ3n) is 1.45. The number of rotatable bonds is 3. The molecule has 0 fully saturated rings. The van der Waals surface area contributed by atoms with Gasteiger partial charge >= 0.3 is 0 Å². The van der Waals surface area contributed by atoms with Crippen LogP contribution in [0.3, 0.4) is 0 Å². The minimum atomic E-state index is -0.741. The Morgan fingerprint density at radius 1 is 1.64 bits per heavy atom. The number of aryl methyl sites for hydroxylation is 1. The van der Waals surface area contributed by atoms with E-state index in [0.717, 1.165) is 5.56 Å². The molecule has 0 aromatic carbocycles. The van der Waals surface area contributed by atoms with Crippen molar-refractivity contribution in [2.45, 2.75) is 6.92 Å². The van der Waals surface area contributed by atoms with Crippen LogP contribution >= 0.6 is 0 Å². The van der Waals surface area contributed by atoms with Crippen LogP contribution in [0.4, 0.5) is 5.82 Å². The van der Waals surface area contributed by atoms with Crippen molar-refractivity contribution < 1.29 is 9.72 Å². The van der Waals surface area contributed by atoms with Gasteiger partial charge in [0.1, 0.15) is 5.82 Å². The molecule has 0 bridgehead atoms. The van der Waals surface area contributed by atoms with Crippen LogP contribution in [0.2, 0.25) is 0 Å². The summed E-state index contributed by atoms with van der Waals surface area (Å²) < 4.78 is 0. The molecule has 0 aliphatic rings. The van der Waals surface area contributed by atoms with Crippen molar-refractivity contribution in [3.63, 3.8) is 0 Å². The first kappa shape index (κ1) is 10.1. The summed E-state index contributed by atoms with van der Waals surface area (Å²) in [6.45, 7) is 1.12. The highest BCUT2D eigenvalue weighted by molar-refractivity contribution is 5.90. The molecular weight excluding hydrogens is 186 g/mol. The number of carbonyl (C=O) groups excluding carboxylic acids is 1. The van der Waals surface area contributed by atoms with E-state index < -0.39 is 17.4 Å². The van der Waals surface area contributed by atoms with Gasteiger partial charge in [-0.2, -0.15) is 0 Å². The standard InChI is InChI=1S/C8H9N3O3/c1-6-2-3-7(9-4-6)10-8(12)5-11(13)14/h2-4H,5H2,1H3,(H,9,10,12). The summed E-state index contributed by atoms with van der Waals surface area (Å²) in [6.07, 6.45) is 1.57. The van der Waals surface area contributed by atoms with Crippen LogP contribution in [-0.2, 0) is 4.79 Å². The predicted molar refractivity (Wildman–Crippen MR) is 49.5 cm³/mol. The normalized spacial score (nSPS) is 9.50. The number of pyridine rings is 1. The maximum Gasteiger partial charge on any atom is 0.297 e. The van der Waals surface area contributed by atoms with Gasteiger partial charge in [-0.15, -0.1) is 0 Å². The number of amides is 1. The Morgan fingerprint density at radius 3 is 2.86 bits per heavy atom. The molecule has 0 aliphatic heterocycles. The molecule has 1 rings (SSSR count). The van der Waals surface area contributed by atoms with Crippen molar-refractivity contribution in [2.24, 2.45) is 0 Å².